The van der Waals surface area contributed by atoms with Gasteiger partial charge in [0.1, 0.15) is 6.10 Å². The summed E-state index contributed by atoms with van der Waals surface area (Å²) in [6.45, 7) is 5.58. The van der Waals surface area contributed by atoms with Crippen LogP contribution in [0.2, 0.25) is 0 Å². The molecule has 4 nitrogen and oxygen atoms in total. The molecule has 0 aliphatic rings. The van der Waals surface area contributed by atoms with Crippen LogP contribution in [-0.4, -0.2) is 11.9 Å². The fraction of sp³-hybridized carbons (Fsp3) is 0.231. The quantitative estimate of drug-likeness (QED) is 0.479. The van der Waals surface area contributed by atoms with Crippen molar-refractivity contribution in [2.45, 2.75) is 20.0 Å². The highest BCUT2D eigenvalue weighted by atomic mass is 19.2. The molecule has 19 heavy (non-hydrogen) atoms. The third kappa shape index (κ3) is 3.61. The molecule has 0 amide bonds. The molecule has 0 aliphatic carbocycles. The number of carbonyl (C=O) groups excluding carboxylic acids is 2. The largest absolute Gasteiger partial charge is 0.453 e. The molecule has 6 heteroatoms. The molecule has 0 fully saturated rings. The summed E-state index contributed by atoms with van der Waals surface area (Å²) in [4.78, 5) is 21.5. The van der Waals surface area contributed by atoms with E-state index in [0.717, 1.165) is 32.1 Å². The standard InChI is InChI=1S/C13H12F2O4/c1-4-10(18-7(2)16)9-5-6-11(19-8(3)17)13(15)12(9)14/h4-6,10H,1H2,2-3H3/t10-/m0/s1. The summed E-state index contributed by atoms with van der Waals surface area (Å²) in [7, 11) is 0. The summed E-state index contributed by atoms with van der Waals surface area (Å²) in [5, 5.41) is 0. The normalized spacial score (nSPS) is 11.6. The Morgan fingerprint density at radius 1 is 1.21 bits per heavy atom. The minimum absolute atomic E-state index is 0.210. The van der Waals surface area contributed by atoms with Crippen molar-refractivity contribution in [2.75, 3.05) is 0 Å². The SMILES string of the molecule is C=C[C@H](OC(C)=O)c1ccc(OC(C)=O)c(F)c1F. The molecule has 102 valence electrons. The third-order valence-electron chi connectivity index (χ3n) is 2.14. The van der Waals surface area contributed by atoms with Crippen molar-refractivity contribution in [2.24, 2.45) is 0 Å². The Balaban J connectivity index is 3.16. The van der Waals surface area contributed by atoms with Crippen molar-refractivity contribution in [1.29, 1.82) is 0 Å². The van der Waals surface area contributed by atoms with Crippen molar-refractivity contribution >= 4 is 11.9 Å². The van der Waals surface area contributed by atoms with E-state index in [9.17, 15) is 18.4 Å². The molecule has 0 spiro atoms. The number of hydrogen-bond acceptors (Lipinski definition) is 4. The van der Waals surface area contributed by atoms with Gasteiger partial charge >= 0.3 is 11.9 Å². The summed E-state index contributed by atoms with van der Waals surface area (Å²) in [5.74, 6) is -4.55. The Labute approximate surface area is 108 Å². The summed E-state index contributed by atoms with van der Waals surface area (Å²) < 4.78 is 36.7. The second-order valence-corrected chi connectivity index (χ2v) is 3.64. The molecule has 0 unspecified atom stereocenters. The smallest absolute Gasteiger partial charge is 0.308 e. The van der Waals surface area contributed by atoms with Gasteiger partial charge in [-0.15, -0.1) is 0 Å². The number of ether oxygens (including phenoxy) is 2. The second-order valence-electron chi connectivity index (χ2n) is 3.64. The fourth-order valence-electron chi connectivity index (χ4n) is 1.42. The monoisotopic (exact) mass is 270 g/mol. The number of esters is 2. The maximum atomic E-state index is 13.8. The van der Waals surface area contributed by atoms with E-state index in [-0.39, 0.29) is 5.56 Å². The van der Waals surface area contributed by atoms with Crippen molar-refractivity contribution < 1.29 is 27.8 Å². The Morgan fingerprint density at radius 2 is 1.84 bits per heavy atom. The topological polar surface area (TPSA) is 52.6 Å². The average Bonchev–Trinajstić information content (AvgIpc) is 2.32. The van der Waals surface area contributed by atoms with E-state index in [1.54, 1.807) is 0 Å². The number of halogens is 2. The maximum Gasteiger partial charge on any atom is 0.308 e. The molecule has 0 radical (unpaired) electrons. The van der Waals surface area contributed by atoms with Crippen LogP contribution >= 0.6 is 0 Å². The number of rotatable bonds is 4. The highest BCUT2D eigenvalue weighted by molar-refractivity contribution is 5.69. The van der Waals surface area contributed by atoms with E-state index in [4.69, 9.17) is 4.74 Å². The molecule has 1 atom stereocenters. The van der Waals surface area contributed by atoms with Gasteiger partial charge in [0.15, 0.2) is 11.6 Å². The van der Waals surface area contributed by atoms with Gasteiger partial charge in [-0.05, 0) is 18.2 Å². The summed E-state index contributed by atoms with van der Waals surface area (Å²) in [6, 6.07) is 2.24. The van der Waals surface area contributed by atoms with Crippen LogP contribution in [-0.2, 0) is 14.3 Å². The summed E-state index contributed by atoms with van der Waals surface area (Å²) in [5.41, 5.74) is -0.210. The van der Waals surface area contributed by atoms with Crippen LogP contribution < -0.4 is 4.74 Å². The highest BCUT2D eigenvalue weighted by Crippen LogP contribution is 2.29. The van der Waals surface area contributed by atoms with Crippen molar-refractivity contribution in [3.63, 3.8) is 0 Å². The fourth-order valence-corrected chi connectivity index (χ4v) is 1.42. The number of benzene rings is 1. The molecule has 0 aromatic heterocycles. The molecule has 1 aromatic carbocycles. The first-order chi connectivity index (χ1) is 8.86. The molecular weight excluding hydrogens is 258 g/mol. The summed E-state index contributed by atoms with van der Waals surface area (Å²) in [6.07, 6.45) is 0.0449. The molecule has 1 rings (SSSR count). The van der Waals surface area contributed by atoms with Crippen LogP contribution in [0.15, 0.2) is 24.8 Å². The van der Waals surface area contributed by atoms with Crippen molar-refractivity contribution in [3.8, 4) is 5.75 Å². The lowest BCUT2D eigenvalue weighted by Crippen LogP contribution is -2.10. The zero-order chi connectivity index (χ0) is 14.6. The maximum absolute atomic E-state index is 13.8. The van der Waals surface area contributed by atoms with Gasteiger partial charge in [-0.3, -0.25) is 9.59 Å². The first-order valence-corrected chi connectivity index (χ1v) is 5.33. The van der Waals surface area contributed by atoms with Gasteiger partial charge in [-0.25, -0.2) is 4.39 Å². The molecule has 0 aliphatic heterocycles. The Morgan fingerprint density at radius 3 is 2.32 bits per heavy atom. The molecule has 0 heterocycles. The molecule has 0 saturated carbocycles. The molecule has 0 saturated heterocycles. The Hall–Kier alpha value is -2.24. The van der Waals surface area contributed by atoms with Crippen LogP contribution in [0.1, 0.15) is 25.5 Å². The van der Waals surface area contributed by atoms with E-state index < -0.39 is 35.4 Å². The van der Waals surface area contributed by atoms with Crippen LogP contribution in [0.25, 0.3) is 0 Å². The number of carbonyl (C=O) groups is 2. The van der Waals surface area contributed by atoms with E-state index in [2.05, 4.69) is 11.3 Å². The lowest BCUT2D eigenvalue weighted by atomic mass is 10.1. The van der Waals surface area contributed by atoms with Gasteiger partial charge in [0.25, 0.3) is 0 Å². The van der Waals surface area contributed by atoms with Gasteiger partial charge in [-0.2, -0.15) is 4.39 Å². The van der Waals surface area contributed by atoms with E-state index in [0.29, 0.717) is 0 Å². The number of hydrogen-bond donors (Lipinski definition) is 0. The van der Waals surface area contributed by atoms with Gasteiger partial charge in [0.2, 0.25) is 5.82 Å². The second kappa shape index (κ2) is 6.08. The van der Waals surface area contributed by atoms with Crippen molar-refractivity contribution in [1.82, 2.24) is 0 Å². The highest BCUT2D eigenvalue weighted by Gasteiger charge is 2.22. The zero-order valence-corrected chi connectivity index (χ0v) is 10.4. The minimum Gasteiger partial charge on any atom is -0.453 e. The predicted octanol–water partition coefficient (Wildman–Crippen LogP) is 2.68. The minimum atomic E-state index is -1.33. The van der Waals surface area contributed by atoms with Crippen LogP contribution in [0, 0.1) is 11.6 Å². The van der Waals surface area contributed by atoms with E-state index in [1.165, 1.54) is 0 Å². The first kappa shape index (κ1) is 14.8. The van der Waals surface area contributed by atoms with E-state index in [1.807, 2.05) is 0 Å². The summed E-state index contributed by atoms with van der Waals surface area (Å²) >= 11 is 0. The van der Waals surface area contributed by atoms with Crippen LogP contribution in [0.5, 0.6) is 5.75 Å². The van der Waals surface area contributed by atoms with E-state index >= 15 is 0 Å². The Bertz CT molecular complexity index is 526. The van der Waals surface area contributed by atoms with Crippen LogP contribution in [0.3, 0.4) is 0 Å². The van der Waals surface area contributed by atoms with Gasteiger partial charge in [-0.1, -0.05) is 6.58 Å². The Kier molecular flexibility index (Phi) is 4.74. The average molecular weight is 270 g/mol. The lowest BCUT2D eigenvalue weighted by Gasteiger charge is -2.15. The van der Waals surface area contributed by atoms with Crippen LogP contribution in [0.4, 0.5) is 8.78 Å². The predicted molar refractivity (Wildman–Crippen MR) is 62.4 cm³/mol. The molecule has 1 aromatic rings. The van der Waals surface area contributed by atoms with Gasteiger partial charge in [0.05, 0.1) is 0 Å². The molecule has 0 N–H and O–H groups in total. The third-order valence-corrected chi connectivity index (χ3v) is 2.14. The molecular formula is C13H12F2O4. The molecule has 0 bridgehead atoms. The van der Waals surface area contributed by atoms with Gasteiger partial charge < -0.3 is 9.47 Å². The van der Waals surface area contributed by atoms with Crippen molar-refractivity contribution in [3.05, 3.63) is 42.0 Å². The lowest BCUT2D eigenvalue weighted by molar-refractivity contribution is -0.144. The first-order valence-electron chi connectivity index (χ1n) is 5.33. The van der Waals surface area contributed by atoms with Gasteiger partial charge in [0, 0.05) is 19.4 Å². The zero-order valence-electron chi connectivity index (χ0n) is 10.4.